The third kappa shape index (κ3) is 3.36. The summed E-state index contributed by atoms with van der Waals surface area (Å²) in [6.07, 6.45) is 3.16. The van der Waals surface area contributed by atoms with Gasteiger partial charge in [0.1, 0.15) is 11.3 Å². The molecule has 0 bridgehead atoms. The van der Waals surface area contributed by atoms with Crippen LogP contribution in [0.15, 0.2) is 73.4 Å². The number of fused-ring (bicyclic) bond motifs is 2. The quantitative estimate of drug-likeness (QED) is 0.517. The monoisotopic (exact) mass is 410 g/mol. The highest BCUT2D eigenvalue weighted by molar-refractivity contribution is 6.07. The lowest BCUT2D eigenvalue weighted by Crippen LogP contribution is -2.48. The van der Waals surface area contributed by atoms with Crippen LogP contribution in [0.4, 0.5) is 5.69 Å². The number of aromatic hydroxyl groups is 1. The number of rotatable bonds is 3. The van der Waals surface area contributed by atoms with Crippen molar-refractivity contribution < 1.29 is 9.90 Å². The summed E-state index contributed by atoms with van der Waals surface area (Å²) in [5.41, 5.74) is 3.65. The van der Waals surface area contributed by atoms with E-state index in [2.05, 4.69) is 33.8 Å². The molecule has 154 valence electrons. The zero-order chi connectivity index (χ0) is 21.4. The number of hydrogen-bond acceptors (Lipinski definition) is 5. The van der Waals surface area contributed by atoms with Crippen LogP contribution in [0.5, 0.6) is 5.75 Å². The van der Waals surface area contributed by atoms with Gasteiger partial charge >= 0.3 is 0 Å². The second-order valence-electron chi connectivity index (χ2n) is 7.66. The zero-order valence-corrected chi connectivity index (χ0v) is 17.0. The fourth-order valence-corrected chi connectivity index (χ4v) is 4.35. The van der Waals surface area contributed by atoms with Crippen LogP contribution < -0.4 is 4.90 Å². The summed E-state index contributed by atoms with van der Waals surface area (Å²) in [6, 6.07) is 17.6. The van der Waals surface area contributed by atoms with Gasteiger partial charge in [-0.2, -0.15) is 5.10 Å². The molecule has 6 nitrogen and oxygen atoms in total. The largest absolute Gasteiger partial charge is 0.508 e. The van der Waals surface area contributed by atoms with Gasteiger partial charge in [0, 0.05) is 37.1 Å². The van der Waals surface area contributed by atoms with Crippen molar-refractivity contribution in [2.75, 3.05) is 31.1 Å². The highest BCUT2D eigenvalue weighted by Crippen LogP contribution is 2.37. The zero-order valence-electron chi connectivity index (χ0n) is 17.0. The van der Waals surface area contributed by atoms with E-state index in [1.54, 1.807) is 18.3 Å². The van der Waals surface area contributed by atoms with Crippen LogP contribution in [-0.4, -0.2) is 52.3 Å². The van der Waals surface area contributed by atoms with Crippen molar-refractivity contribution in [1.82, 2.24) is 15.1 Å². The summed E-state index contributed by atoms with van der Waals surface area (Å²) >= 11 is 0. The lowest BCUT2D eigenvalue weighted by Gasteiger charge is -2.35. The Morgan fingerprint density at radius 3 is 2.55 bits per heavy atom. The first-order valence-electron chi connectivity index (χ1n) is 10.3. The molecule has 1 aromatic heterocycles. The number of benzene rings is 3. The predicted molar refractivity (Wildman–Crippen MR) is 123 cm³/mol. The minimum absolute atomic E-state index is 0.0320. The number of amides is 1. The number of hydrogen-bond donors (Lipinski definition) is 1. The van der Waals surface area contributed by atoms with Gasteiger partial charge in [0.2, 0.25) is 5.91 Å². The van der Waals surface area contributed by atoms with Crippen LogP contribution >= 0.6 is 0 Å². The van der Waals surface area contributed by atoms with E-state index >= 15 is 0 Å². The standard InChI is InChI=1S/C25H22N4O2/c1-2-24(31)29-12-10-28(11-13-29)23-16-26-27-25-20(8-5-9-21(23)25)22-15-18(30)14-17-6-3-4-7-19(17)22/h2-9,14-16,30H,1,10-13H2. The van der Waals surface area contributed by atoms with Crippen LogP contribution in [0.3, 0.4) is 0 Å². The van der Waals surface area contributed by atoms with Crippen molar-refractivity contribution in [2.45, 2.75) is 0 Å². The Morgan fingerprint density at radius 2 is 1.74 bits per heavy atom. The third-order valence-electron chi connectivity index (χ3n) is 5.89. The summed E-state index contributed by atoms with van der Waals surface area (Å²) in [4.78, 5) is 16.0. The number of anilines is 1. The van der Waals surface area contributed by atoms with Gasteiger partial charge in [0.15, 0.2) is 0 Å². The lowest BCUT2D eigenvalue weighted by atomic mass is 9.95. The second kappa shape index (κ2) is 7.72. The van der Waals surface area contributed by atoms with Crippen molar-refractivity contribution in [3.05, 3.63) is 73.4 Å². The molecule has 1 aliphatic rings. The molecule has 6 heteroatoms. The highest BCUT2D eigenvalue weighted by atomic mass is 16.3. The second-order valence-corrected chi connectivity index (χ2v) is 7.66. The van der Waals surface area contributed by atoms with Crippen molar-refractivity contribution in [2.24, 2.45) is 0 Å². The van der Waals surface area contributed by atoms with E-state index in [0.29, 0.717) is 13.1 Å². The fourth-order valence-electron chi connectivity index (χ4n) is 4.35. The highest BCUT2D eigenvalue weighted by Gasteiger charge is 2.22. The Kier molecular flexibility index (Phi) is 4.75. The molecule has 31 heavy (non-hydrogen) atoms. The van der Waals surface area contributed by atoms with Crippen molar-refractivity contribution >= 4 is 33.3 Å². The number of nitrogens with zero attached hydrogens (tertiary/aromatic N) is 4. The molecule has 0 unspecified atom stereocenters. The van der Waals surface area contributed by atoms with Crippen molar-refractivity contribution in [3.63, 3.8) is 0 Å². The van der Waals surface area contributed by atoms with Gasteiger partial charge in [-0.3, -0.25) is 4.79 Å². The molecule has 1 saturated heterocycles. The first-order chi connectivity index (χ1) is 15.2. The van der Waals surface area contributed by atoms with Gasteiger partial charge in [-0.05, 0) is 34.5 Å². The molecular formula is C25H22N4O2. The normalized spacial score (nSPS) is 14.2. The smallest absolute Gasteiger partial charge is 0.246 e. The van der Waals surface area contributed by atoms with E-state index < -0.39 is 0 Å². The number of piperazine rings is 1. The molecule has 0 atom stereocenters. The fraction of sp³-hybridized carbons (Fsp3) is 0.160. The van der Waals surface area contributed by atoms with Gasteiger partial charge < -0.3 is 14.9 Å². The number of carbonyl (C=O) groups excluding carboxylic acids is 1. The minimum Gasteiger partial charge on any atom is -0.508 e. The van der Waals surface area contributed by atoms with E-state index in [-0.39, 0.29) is 11.7 Å². The Bertz CT molecular complexity index is 1310. The van der Waals surface area contributed by atoms with Gasteiger partial charge in [0.05, 0.1) is 11.9 Å². The molecule has 3 aromatic carbocycles. The molecule has 0 aliphatic carbocycles. The average molecular weight is 410 g/mol. The Labute approximate surface area is 180 Å². The molecule has 4 aromatic rings. The topological polar surface area (TPSA) is 69.6 Å². The molecule has 0 spiro atoms. The molecule has 2 heterocycles. The Hall–Kier alpha value is -3.93. The summed E-state index contributed by atoms with van der Waals surface area (Å²) in [5, 5.41) is 22.1. The number of phenols is 1. The third-order valence-corrected chi connectivity index (χ3v) is 5.89. The molecule has 1 aliphatic heterocycles. The molecule has 0 saturated carbocycles. The van der Waals surface area contributed by atoms with E-state index in [0.717, 1.165) is 51.6 Å². The molecular weight excluding hydrogens is 388 g/mol. The van der Waals surface area contributed by atoms with Crippen LogP contribution in [0.25, 0.3) is 32.8 Å². The van der Waals surface area contributed by atoms with E-state index in [4.69, 9.17) is 0 Å². The maximum Gasteiger partial charge on any atom is 0.246 e. The van der Waals surface area contributed by atoms with Crippen LogP contribution in [0.2, 0.25) is 0 Å². The Morgan fingerprint density at radius 1 is 0.968 bits per heavy atom. The maximum atomic E-state index is 11.9. The van der Waals surface area contributed by atoms with Gasteiger partial charge in [0.25, 0.3) is 0 Å². The molecule has 1 fully saturated rings. The van der Waals surface area contributed by atoms with Crippen molar-refractivity contribution in [1.29, 1.82) is 0 Å². The van der Waals surface area contributed by atoms with Crippen LogP contribution in [-0.2, 0) is 4.79 Å². The average Bonchev–Trinajstić information content (AvgIpc) is 2.82. The van der Waals surface area contributed by atoms with Crippen molar-refractivity contribution in [3.8, 4) is 16.9 Å². The SMILES string of the molecule is C=CC(=O)N1CCN(c2cnnc3c(-c4cc(O)cc5ccccc45)cccc23)CC1. The molecule has 5 rings (SSSR count). The minimum atomic E-state index is -0.0320. The van der Waals surface area contributed by atoms with Gasteiger partial charge in [-0.15, -0.1) is 5.10 Å². The molecule has 0 radical (unpaired) electrons. The first-order valence-corrected chi connectivity index (χ1v) is 10.3. The van der Waals surface area contributed by atoms with Gasteiger partial charge in [-0.25, -0.2) is 0 Å². The van der Waals surface area contributed by atoms with Crippen LogP contribution in [0, 0.1) is 0 Å². The maximum absolute atomic E-state index is 11.9. The summed E-state index contributed by atoms with van der Waals surface area (Å²) in [7, 11) is 0. The predicted octanol–water partition coefficient (Wildman–Crippen LogP) is 3.99. The van der Waals surface area contributed by atoms with E-state index in [1.807, 2.05) is 35.2 Å². The van der Waals surface area contributed by atoms with E-state index in [9.17, 15) is 9.90 Å². The number of aromatic nitrogens is 2. The van der Waals surface area contributed by atoms with Crippen LogP contribution in [0.1, 0.15) is 0 Å². The first kappa shape index (κ1) is 19.1. The summed E-state index contributed by atoms with van der Waals surface area (Å²) < 4.78 is 0. The summed E-state index contributed by atoms with van der Waals surface area (Å²) in [5.74, 6) is 0.188. The van der Waals surface area contributed by atoms with Gasteiger partial charge in [-0.1, -0.05) is 49.0 Å². The van der Waals surface area contributed by atoms with E-state index in [1.165, 1.54) is 6.08 Å². The Balaban J connectivity index is 1.60. The number of carbonyl (C=O) groups is 1. The molecule has 1 N–H and O–H groups in total. The molecule has 1 amide bonds. The number of phenolic OH excluding ortho intramolecular Hbond substituents is 1. The lowest BCUT2D eigenvalue weighted by molar-refractivity contribution is -0.126. The summed E-state index contributed by atoms with van der Waals surface area (Å²) in [6.45, 7) is 6.31.